The lowest BCUT2D eigenvalue weighted by molar-refractivity contribution is 1.00. The molecular weight excluding hydrogens is 621 g/mol. The number of aromatic nitrogens is 3. The molecule has 1 heterocycles. The Morgan fingerprint density at radius 2 is 0.882 bits per heavy atom. The number of rotatable bonds is 6. The van der Waals surface area contributed by atoms with Gasteiger partial charge in [-0.3, -0.25) is 0 Å². The zero-order valence-electron chi connectivity index (χ0n) is 28.7. The van der Waals surface area contributed by atoms with Crippen LogP contribution in [0.1, 0.15) is 33.4 Å². The van der Waals surface area contributed by atoms with Crippen LogP contribution in [0.25, 0.3) is 44.9 Å². The molecule has 0 bridgehead atoms. The maximum atomic E-state index is 4.98. The van der Waals surface area contributed by atoms with Gasteiger partial charge in [-0.05, 0) is 113 Å². The standard InChI is InChI=1S/C47H36N4/c1-31-11-9-17-42(23-31)51(43-18-10-12-32(2)24-43)44-22-21-36-26-39-28-38-27-37(20-19-35(38)25-40(39)29-41(36)30-44)47-49-45(33-13-5-3-6-14-33)48-46(50-47)34-15-7-4-8-16-34/h3-24,26-27,29-30H,25,28H2,1-2H3. The smallest absolute Gasteiger partial charge is 0.164 e. The molecule has 1 aliphatic rings. The summed E-state index contributed by atoms with van der Waals surface area (Å²) < 4.78 is 0. The van der Waals surface area contributed by atoms with E-state index in [0.29, 0.717) is 17.5 Å². The second-order valence-electron chi connectivity index (χ2n) is 13.5. The van der Waals surface area contributed by atoms with Gasteiger partial charge in [-0.1, -0.05) is 115 Å². The fourth-order valence-electron chi connectivity index (χ4n) is 7.28. The molecule has 7 aromatic carbocycles. The van der Waals surface area contributed by atoms with Crippen molar-refractivity contribution in [2.24, 2.45) is 0 Å². The monoisotopic (exact) mass is 656 g/mol. The van der Waals surface area contributed by atoms with Crippen molar-refractivity contribution >= 4 is 27.8 Å². The van der Waals surface area contributed by atoms with Crippen molar-refractivity contribution in [1.82, 2.24) is 15.0 Å². The van der Waals surface area contributed by atoms with E-state index < -0.39 is 0 Å². The first kappa shape index (κ1) is 30.7. The summed E-state index contributed by atoms with van der Waals surface area (Å²) in [4.78, 5) is 17.2. The molecule has 4 nitrogen and oxygen atoms in total. The highest BCUT2D eigenvalue weighted by molar-refractivity contribution is 5.91. The molecule has 4 heteroatoms. The third-order valence-electron chi connectivity index (χ3n) is 9.85. The number of aryl methyl sites for hydroxylation is 2. The molecule has 0 N–H and O–H groups in total. The van der Waals surface area contributed by atoms with Gasteiger partial charge in [0.15, 0.2) is 17.5 Å². The summed E-state index contributed by atoms with van der Waals surface area (Å²) in [5, 5.41) is 2.51. The van der Waals surface area contributed by atoms with Crippen molar-refractivity contribution in [3.63, 3.8) is 0 Å². The Kier molecular flexibility index (Phi) is 7.70. The lowest BCUT2D eigenvalue weighted by atomic mass is 9.83. The number of hydrogen-bond donors (Lipinski definition) is 0. The highest BCUT2D eigenvalue weighted by Gasteiger charge is 2.20. The van der Waals surface area contributed by atoms with Gasteiger partial charge in [0.2, 0.25) is 0 Å². The molecule has 9 rings (SSSR count). The van der Waals surface area contributed by atoms with Crippen molar-refractivity contribution in [3.05, 3.63) is 191 Å². The normalized spacial score (nSPS) is 12.0. The lowest BCUT2D eigenvalue weighted by Gasteiger charge is -2.27. The van der Waals surface area contributed by atoms with Crippen LogP contribution >= 0.6 is 0 Å². The third kappa shape index (κ3) is 6.06. The minimum absolute atomic E-state index is 0.678. The number of hydrogen-bond acceptors (Lipinski definition) is 4. The summed E-state index contributed by atoms with van der Waals surface area (Å²) in [6, 6.07) is 56.2. The van der Waals surface area contributed by atoms with Crippen LogP contribution in [-0.4, -0.2) is 15.0 Å². The Balaban J connectivity index is 1.07. The summed E-state index contributed by atoms with van der Waals surface area (Å²) >= 11 is 0. The molecule has 0 saturated heterocycles. The van der Waals surface area contributed by atoms with Crippen molar-refractivity contribution in [1.29, 1.82) is 0 Å². The van der Waals surface area contributed by atoms with Crippen molar-refractivity contribution in [2.45, 2.75) is 26.7 Å². The first-order valence-electron chi connectivity index (χ1n) is 17.5. The van der Waals surface area contributed by atoms with Gasteiger partial charge in [0.05, 0.1) is 0 Å². The van der Waals surface area contributed by atoms with Crippen LogP contribution in [0.4, 0.5) is 17.1 Å². The summed E-state index contributed by atoms with van der Waals surface area (Å²) in [5.41, 5.74) is 14.3. The minimum atomic E-state index is 0.678. The van der Waals surface area contributed by atoms with Gasteiger partial charge in [-0.2, -0.15) is 0 Å². The lowest BCUT2D eigenvalue weighted by Crippen LogP contribution is -2.11. The second kappa shape index (κ2) is 12.8. The average molecular weight is 657 g/mol. The van der Waals surface area contributed by atoms with Crippen LogP contribution in [-0.2, 0) is 12.8 Å². The van der Waals surface area contributed by atoms with Gasteiger partial charge >= 0.3 is 0 Å². The molecule has 1 aliphatic carbocycles. The van der Waals surface area contributed by atoms with E-state index in [1.165, 1.54) is 44.2 Å². The van der Waals surface area contributed by atoms with E-state index >= 15 is 0 Å². The predicted molar refractivity (Wildman–Crippen MR) is 210 cm³/mol. The highest BCUT2D eigenvalue weighted by Crippen LogP contribution is 2.39. The van der Waals surface area contributed by atoms with Gasteiger partial charge in [0.1, 0.15) is 0 Å². The fourth-order valence-corrected chi connectivity index (χ4v) is 7.28. The average Bonchev–Trinajstić information content (AvgIpc) is 3.17. The van der Waals surface area contributed by atoms with Gasteiger partial charge < -0.3 is 4.90 Å². The number of nitrogens with zero attached hydrogens (tertiary/aromatic N) is 4. The van der Waals surface area contributed by atoms with Gasteiger partial charge in [0.25, 0.3) is 0 Å². The number of benzene rings is 7. The third-order valence-corrected chi connectivity index (χ3v) is 9.85. The Morgan fingerprint density at radius 3 is 1.47 bits per heavy atom. The Morgan fingerprint density at radius 1 is 0.373 bits per heavy atom. The molecule has 0 fully saturated rings. The van der Waals surface area contributed by atoms with Crippen LogP contribution in [0.5, 0.6) is 0 Å². The maximum Gasteiger partial charge on any atom is 0.164 e. The molecular formula is C47H36N4. The van der Waals surface area contributed by atoms with Gasteiger partial charge in [-0.25, -0.2) is 15.0 Å². The van der Waals surface area contributed by atoms with E-state index in [-0.39, 0.29) is 0 Å². The zero-order chi connectivity index (χ0) is 34.3. The van der Waals surface area contributed by atoms with Crippen molar-refractivity contribution < 1.29 is 0 Å². The molecule has 0 atom stereocenters. The van der Waals surface area contributed by atoms with Gasteiger partial charge in [-0.15, -0.1) is 0 Å². The Bertz CT molecular complexity index is 2450. The molecule has 0 aliphatic heterocycles. The summed E-state index contributed by atoms with van der Waals surface area (Å²) in [7, 11) is 0. The van der Waals surface area contributed by atoms with E-state index in [1.807, 2.05) is 60.7 Å². The summed E-state index contributed by atoms with van der Waals surface area (Å²) in [6.45, 7) is 4.30. The van der Waals surface area contributed by atoms with Crippen LogP contribution in [0.2, 0.25) is 0 Å². The molecule has 0 unspecified atom stereocenters. The summed E-state index contributed by atoms with van der Waals surface area (Å²) in [6.07, 6.45) is 1.77. The van der Waals surface area contributed by atoms with E-state index in [9.17, 15) is 0 Å². The largest absolute Gasteiger partial charge is 0.310 e. The van der Waals surface area contributed by atoms with Crippen molar-refractivity contribution in [3.8, 4) is 34.2 Å². The molecule has 244 valence electrons. The van der Waals surface area contributed by atoms with E-state index in [1.54, 1.807) is 0 Å². The molecule has 0 spiro atoms. The predicted octanol–water partition coefficient (Wildman–Crippen LogP) is 11.6. The van der Waals surface area contributed by atoms with Gasteiger partial charge in [0, 0.05) is 33.8 Å². The van der Waals surface area contributed by atoms with Crippen LogP contribution in [0, 0.1) is 13.8 Å². The molecule has 51 heavy (non-hydrogen) atoms. The minimum Gasteiger partial charge on any atom is -0.310 e. The molecule has 0 saturated carbocycles. The Labute approximate surface area is 298 Å². The molecule has 0 radical (unpaired) electrons. The van der Waals surface area contributed by atoms with E-state index in [2.05, 4.69) is 116 Å². The number of fused-ring (bicyclic) bond motifs is 3. The topological polar surface area (TPSA) is 41.9 Å². The van der Waals surface area contributed by atoms with Crippen LogP contribution in [0.3, 0.4) is 0 Å². The molecule has 0 amide bonds. The van der Waals surface area contributed by atoms with Crippen LogP contribution < -0.4 is 4.90 Å². The second-order valence-corrected chi connectivity index (χ2v) is 13.5. The summed E-state index contributed by atoms with van der Waals surface area (Å²) in [5.74, 6) is 2.04. The van der Waals surface area contributed by atoms with Crippen molar-refractivity contribution in [2.75, 3.05) is 4.90 Å². The SMILES string of the molecule is Cc1cccc(N(c2cccc(C)c2)c2ccc3cc4c(cc3c2)Cc2ccc(-c3nc(-c5ccccc5)nc(-c5ccccc5)n3)cc2C4)c1. The van der Waals surface area contributed by atoms with E-state index in [0.717, 1.165) is 46.6 Å². The molecule has 8 aromatic rings. The zero-order valence-corrected chi connectivity index (χ0v) is 28.7. The number of anilines is 3. The van der Waals surface area contributed by atoms with E-state index in [4.69, 9.17) is 15.0 Å². The quantitative estimate of drug-likeness (QED) is 0.179. The Hall–Kier alpha value is -6.39. The highest BCUT2D eigenvalue weighted by atomic mass is 15.1. The van der Waals surface area contributed by atoms with Crippen LogP contribution in [0.15, 0.2) is 158 Å². The maximum absolute atomic E-state index is 4.98. The first-order valence-corrected chi connectivity index (χ1v) is 17.5. The first-order chi connectivity index (χ1) is 25.0. The fraction of sp³-hybridized carbons (Fsp3) is 0.0851. The molecule has 1 aromatic heterocycles.